The molecule has 2 atom stereocenters. The second-order valence-corrected chi connectivity index (χ2v) is 5.02. The molecule has 0 aliphatic carbocycles. The molecule has 2 unspecified atom stereocenters. The molecule has 1 heterocycles. The number of benzene rings is 1. The predicted octanol–water partition coefficient (Wildman–Crippen LogP) is -0.432. The van der Waals surface area contributed by atoms with E-state index in [1.807, 2.05) is 0 Å². The number of nitrogens with one attached hydrogen (secondary N) is 1. The van der Waals surface area contributed by atoms with E-state index in [1.54, 1.807) is 0 Å². The fraction of sp³-hybridized carbons (Fsp3) is 0.357. The SMILES string of the molecule is NCC(=O)N1CC(NC(=O)c2cccc(F)c2)CC1C(=O)O. The van der Waals surface area contributed by atoms with Crippen LogP contribution >= 0.6 is 0 Å². The molecule has 118 valence electrons. The largest absolute Gasteiger partial charge is 0.480 e. The van der Waals surface area contributed by atoms with Gasteiger partial charge in [0.15, 0.2) is 0 Å². The molecule has 0 aromatic heterocycles. The Balaban J connectivity index is 2.06. The molecule has 1 aliphatic heterocycles. The summed E-state index contributed by atoms with van der Waals surface area (Å²) in [5, 5.41) is 11.7. The number of carbonyl (C=O) groups is 3. The third kappa shape index (κ3) is 3.40. The molecule has 1 fully saturated rings. The molecule has 7 nitrogen and oxygen atoms in total. The van der Waals surface area contributed by atoms with Crippen LogP contribution in [0.5, 0.6) is 0 Å². The number of nitrogens with zero attached hydrogens (tertiary/aromatic N) is 1. The van der Waals surface area contributed by atoms with Crippen molar-refractivity contribution in [3.05, 3.63) is 35.6 Å². The topological polar surface area (TPSA) is 113 Å². The van der Waals surface area contributed by atoms with E-state index in [-0.39, 0.29) is 25.1 Å². The van der Waals surface area contributed by atoms with Gasteiger partial charge in [-0.1, -0.05) is 6.07 Å². The van der Waals surface area contributed by atoms with E-state index in [9.17, 15) is 18.8 Å². The minimum absolute atomic E-state index is 0.0635. The molecule has 1 aliphatic rings. The van der Waals surface area contributed by atoms with E-state index in [2.05, 4.69) is 5.32 Å². The lowest BCUT2D eigenvalue weighted by Gasteiger charge is -2.20. The molecule has 8 heteroatoms. The number of amides is 2. The summed E-state index contributed by atoms with van der Waals surface area (Å²) in [5.41, 5.74) is 5.39. The number of rotatable bonds is 4. The Morgan fingerprint density at radius 3 is 2.73 bits per heavy atom. The summed E-state index contributed by atoms with van der Waals surface area (Å²) in [5.74, 6) is -2.70. The number of aliphatic carboxylic acids is 1. The average molecular weight is 309 g/mol. The fourth-order valence-electron chi connectivity index (χ4n) is 2.47. The maximum atomic E-state index is 13.1. The zero-order valence-electron chi connectivity index (χ0n) is 11.7. The van der Waals surface area contributed by atoms with Crippen molar-refractivity contribution in [3.63, 3.8) is 0 Å². The minimum atomic E-state index is -1.15. The van der Waals surface area contributed by atoms with Gasteiger partial charge < -0.3 is 21.1 Å². The molecule has 1 aromatic carbocycles. The summed E-state index contributed by atoms with van der Waals surface area (Å²) in [4.78, 5) is 36.0. The molecular formula is C14H16FN3O4. The van der Waals surface area contributed by atoms with Crippen LogP contribution in [0.1, 0.15) is 16.8 Å². The summed E-state index contributed by atoms with van der Waals surface area (Å²) in [6, 6.07) is 3.62. The van der Waals surface area contributed by atoms with Gasteiger partial charge in [-0.3, -0.25) is 9.59 Å². The number of carbonyl (C=O) groups excluding carboxylic acids is 2. The number of hydrogen-bond acceptors (Lipinski definition) is 4. The molecule has 4 N–H and O–H groups in total. The summed E-state index contributed by atoms with van der Waals surface area (Å²) < 4.78 is 13.1. The van der Waals surface area contributed by atoms with Crippen molar-refractivity contribution in [2.45, 2.75) is 18.5 Å². The van der Waals surface area contributed by atoms with Crippen molar-refractivity contribution in [2.75, 3.05) is 13.1 Å². The Morgan fingerprint density at radius 2 is 2.14 bits per heavy atom. The Bertz CT molecular complexity index is 608. The third-order valence-electron chi connectivity index (χ3n) is 3.50. The highest BCUT2D eigenvalue weighted by Gasteiger charge is 2.39. The van der Waals surface area contributed by atoms with Gasteiger partial charge in [-0.15, -0.1) is 0 Å². The fourth-order valence-corrected chi connectivity index (χ4v) is 2.47. The van der Waals surface area contributed by atoms with Crippen LogP contribution in [0.2, 0.25) is 0 Å². The number of hydrogen-bond donors (Lipinski definition) is 3. The number of halogens is 1. The van der Waals surface area contributed by atoms with E-state index in [4.69, 9.17) is 10.8 Å². The van der Waals surface area contributed by atoms with Gasteiger partial charge in [0, 0.05) is 24.6 Å². The highest BCUT2D eigenvalue weighted by atomic mass is 19.1. The molecule has 1 saturated heterocycles. The lowest BCUT2D eigenvalue weighted by atomic mass is 10.1. The van der Waals surface area contributed by atoms with Crippen molar-refractivity contribution in [1.29, 1.82) is 0 Å². The smallest absolute Gasteiger partial charge is 0.326 e. The number of carboxylic acids is 1. The van der Waals surface area contributed by atoms with Crippen LogP contribution in [0.3, 0.4) is 0 Å². The third-order valence-corrected chi connectivity index (χ3v) is 3.50. The second-order valence-electron chi connectivity index (χ2n) is 5.02. The van der Waals surface area contributed by atoms with Gasteiger partial charge in [0.05, 0.1) is 6.54 Å². The van der Waals surface area contributed by atoms with Crippen LogP contribution < -0.4 is 11.1 Å². The summed E-state index contributed by atoms with van der Waals surface area (Å²) in [6.07, 6.45) is 0.0854. The van der Waals surface area contributed by atoms with E-state index in [0.717, 1.165) is 11.0 Å². The Labute approximate surface area is 125 Å². The van der Waals surface area contributed by atoms with Crippen molar-refractivity contribution < 1.29 is 23.9 Å². The zero-order chi connectivity index (χ0) is 16.3. The van der Waals surface area contributed by atoms with Gasteiger partial charge in [-0.05, 0) is 18.2 Å². The van der Waals surface area contributed by atoms with Crippen molar-refractivity contribution in [2.24, 2.45) is 5.73 Å². The molecule has 22 heavy (non-hydrogen) atoms. The van der Waals surface area contributed by atoms with Gasteiger partial charge in [-0.2, -0.15) is 0 Å². The summed E-state index contributed by atoms with van der Waals surface area (Å²) >= 11 is 0. The van der Waals surface area contributed by atoms with Gasteiger partial charge in [-0.25, -0.2) is 9.18 Å². The van der Waals surface area contributed by atoms with Crippen LogP contribution in [0.4, 0.5) is 4.39 Å². The second kappa shape index (κ2) is 6.52. The van der Waals surface area contributed by atoms with Crippen LogP contribution in [-0.4, -0.2) is 53.0 Å². The lowest BCUT2D eigenvalue weighted by molar-refractivity contribution is -0.147. The van der Waals surface area contributed by atoms with E-state index in [0.29, 0.717) is 0 Å². The Hall–Kier alpha value is -2.48. The first-order chi connectivity index (χ1) is 10.4. The maximum absolute atomic E-state index is 13.1. The van der Waals surface area contributed by atoms with Gasteiger partial charge in [0.2, 0.25) is 5.91 Å². The molecule has 0 saturated carbocycles. The van der Waals surface area contributed by atoms with Gasteiger partial charge in [0.1, 0.15) is 11.9 Å². The first kappa shape index (κ1) is 15.9. The summed E-state index contributed by atoms with van der Waals surface area (Å²) in [7, 11) is 0. The quantitative estimate of drug-likeness (QED) is 0.698. The van der Waals surface area contributed by atoms with Crippen LogP contribution in [-0.2, 0) is 9.59 Å². The van der Waals surface area contributed by atoms with E-state index >= 15 is 0 Å². The Kier molecular flexibility index (Phi) is 4.71. The first-order valence-corrected chi connectivity index (χ1v) is 6.71. The number of carboxylic acid groups (broad SMARTS) is 1. The maximum Gasteiger partial charge on any atom is 0.326 e. The predicted molar refractivity (Wildman–Crippen MR) is 74.5 cm³/mol. The minimum Gasteiger partial charge on any atom is -0.480 e. The molecule has 2 rings (SSSR count). The standard InChI is InChI=1S/C14H16FN3O4/c15-9-3-1-2-8(4-9)13(20)17-10-5-11(14(21)22)18(7-10)12(19)6-16/h1-4,10-11H,5-7,16H2,(H,17,20)(H,21,22). The zero-order valence-corrected chi connectivity index (χ0v) is 11.7. The average Bonchev–Trinajstić information content (AvgIpc) is 2.90. The van der Waals surface area contributed by atoms with Crippen molar-refractivity contribution >= 4 is 17.8 Å². The molecule has 2 amide bonds. The molecule has 0 radical (unpaired) electrons. The number of nitrogens with two attached hydrogens (primary N) is 1. The van der Waals surface area contributed by atoms with Crippen molar-refractivity contribution in [1.82, 2.24) is 10.2 Å². The molecule has 0 bridgehead atoms. The van der Waals surface area contributed by atoms with E-state index in [1.165, 1.54) is 18.2 Å². The molecule has 0 spiro atoms. The summed E-state index contributed by atoms with van der Waals surface area (Å²) in [6.45, 7) is -0.234. The highest BCUT2D eigenvalue weighted by molar-refractivity contribution is 5.94. The van der Waals surface area contributed by atoms with Gasteiger partial charge in [0.25, 0.3) is 5.91 Å². The number of likely N-dealkylation sites (tertiary alicyclic amines) is 1. The molecular weight excluding hydrogens is 293 g/mol. The molecule has 1 aromatic rings. The van der Waals surface area contributed by atoms with Crippen LogP contribution in [0, 0.1) is 5.82 Å². The Morgan fingerprint density at radius 1 is 1.41 bits per heavy atom. The normalized spacial score (nSPS) is 20.7. The van der Waals surface area contributed by atoms with Crippen molar-refractivity contribution in [3.8, 4) is 0 Å². The lowest BCUT2D eigenvalue weighted by Crippen LogP contribution is -2.44. The van der Waals surface area contributed by atoms with Crippen LogP contribution in [0.15, 0.2) is 24.3 Å². The monoisotopic (exact) mass is 309 g/mol. The van der Waals surface area contributed by atoms with E-state index < -0.39 is 35.7 Å². The first-order valence-electron chi connectivity index (χ1n) is 6.71. The van der Waals surface area contributed by atoms with Crippen LogP contribution in [0.25, 0.3) is 0 Å². The van der Waals surface area contributed by atoms with Gasteiger partial charge >= 0.3 is 5.97 Å². The highest BCUT2D eigenvalue weighted by Crippen LogP contribution is 2.19.